The molecule has 1 atom stereocenters. The molecular weight excluding hydrogens is 220 g/mol. The van der Waals surface area contributed by atoms with E-state index in [1.54, 1.807) is 11.3 Å². The van der Waals surface area contributed by atoms with Crippen LogP contribution in [0.1, 0.15) is 30.0 Å². The Hall–Kier alpha value is -1.16. The van der Waals surface area contributed by atoms with E-state index in [1.165, 1.54) is 0 Å². The van der Waals surface area contributed by atoms with Gasteiger partial charge in [0, 0.05) is 17.0 Å². The van der Waals surface area contributed by atoms with Gasteiger partial charge in [-0.05, 0) is 26.2 Å². The second kappa shape index (κ2) is 5.25. The summed E-state index contributed by atoms with van der Waals surface area (Å²) < 4.78 is 0. The van der Waals surface area contributed by atoms with Gasteiger partial charge in [0.05, 0.1) is 6.54 Å². The van der Waals surface area contributed by atoms with Crippen molar-refractivity contribution in [3.63, 3.8) is 0 Å². The summed E-state index contributed by atoms with van der Waals surface area (Å²) in [6.07, 6.45) is 7.12. The Morgan fingerprint density at radius 1 is 1.62 bits per heavy atom. The van der Waals surface area contributed by atoms with Gasteiger partial charge in [0.15, 0.2) is 0 Å². The van der Waals surface area contributed by atoms with Gasteiger partial charge < -0.3 is 5.32 Å². The van der Waals surface area contributed by atoms with Crippen molar-refractivity contribution in [1.82, 2.24) is 10.3 Å². The van der Waals surface area contributed by atoms with Gasteiger partial charge in [-0.3, -0.25) is 4.79 Å². The molecule has 0 aromatic carbocycles. The summed E-state index contributed by atoms with van der Waals surface area (Å²) >= 11 is 1.60. The van der Waals surface area contributed by atoms with Crippen molar-refractivity contribution in [2.24, 2.45) is 5.92 Å². The average molecular weight is 236 g/mol. The van der Waals surface area contributed by atoms with Crippen LogP contribution >= 0.6 is 11.3 Å². The highest BCUT2D eigenvalue weighted by molar-refractivity contribution is 7.09. The molecule has 1 aromatic rings. The van der Waals surface area contributed by atoms with E-state index in [0.717, 1.165) is 30.0 Å². The van der Waals surface area contributed by atoms with E-state index in [1.807, 2.05) is 12.3 Å². The number of aromatic nitrogens is 1. The minimum Gasteiger partial charge on any atom is -0.349 e. The number of hydrogen-bond donors (Lipinski definition) is 1. The molecule has 0 bridgehead atoms. The van der Waals surface area contributed by atoms with Crippen LogP contribution in [0.15, 0.2) is 17.5 Å². The van der Waals surface area contributed by atoms with Crippen molar-refractivity contribution in [2.45, 2.75) is 32.7 Å². The second-order valence-electron chi connectivity index (χ2n) is 4.08. The van der Waals surface area contributed by atoms with Crippen LogP contribution in [0.5, 0.6) is 0 Å². The van der Waals surface area contributed by atoms with Gasteiger partial charge in [-0.1, -0.05) is 12.2 Å². The number of carbonyl (C=O) groups excluding carboxylic acids is 1. The third kappa shape index (κ3) is 2.92. The Morgan fingerprint density at radius 2 is 2.50 bits per heavy atom. The largest absolute Gasteiger partial charge is 0.349 e. The van der Waals surface area contributed by atoms with Crippen molar-refractivity contribution in [3.05, 3.63) is 28.2 Å². The van der Waals surface area contributed by atoms with E-state index in [9.17, 15) is 4.79 Å². The van der Waals surface area contributed by atoms with Gasteiger partial charge in [0.1, 0.15) is 5.01 Å². The molecule has 2 rings (SSSR count). The lowest BCUT2D eigenvalue weighted by atomic mass is 9.94. The average Bonchev–Trinajstić information content (AvgIpc) is 2.73. The van der Waals surface area contributed by atoms with Gasteiger partial charge in [0.25, 0.3) is 0 Å². The standard InChI is InChI=1S/C12H16N2OS/c1-9-8-16-11(14-9)7-13-12(15)10-5-3-2-4-6-10/h2-3,8,10H,4-7H2,1H3,(H,13,15). The molecule has 16 heavy (non-hydrogen) atoms. The number of amides is 1. The van der Waals surface area contributed by atoms with Crippen molar-refractivity contribution in [2.75, 3.05) is 0 Å². The Labute approximate surface area is 99.6 Å². The summed E-state index contributed by atoms with van der Waals surface area (Å²) in [7, 11) is 0. The maximum atomic E-state index is 11.8. The minimum absolute atomic E-state index is 0.158. The Morgan fingerprint density at radius 3 is 3.12 bits per heavy atom. The number of rotatable bonds is 3. The lowest BCUT2D eigenvalue weighted by Crippen LogP contribution is -2.30. The van der Waals surface area contributed by atoms with Crippen molar-refractivity contribution < 1.29 is 4.79 Å². The van der Waals surface area contributed by atoms with E-state index >= 15 is 0 Å². The summed E-state index contributed by atoms with van der Waals surface area (Å²) in [5.74, 6) is 0.322. The first-order valence-corrected chi connectivity index (χ1v) is 6.47. The Bertz CT molecular complexity index is 397. The van der Waals surface area contributed by atoms with Crippen LogP contribution in [-0.2, 0) is 11.3 Å². The highest BCUT2D eigenvalue weighted by Crippen LogP contribution is 2.18. The van der Waals surface area contributed by atoms with Crippen molar-refractivity contribution >= 4 is 17.2 Å². The van der Waals surface area contributed by atoms with Gasteiger partial charge in [0.2, 0.25) is 5.91 Å². The highest BCUT2D eigenvalue weighted by Gasteiger charge is 2.18. The number of hydrogen-bond acceptors (Lipinski definition) is 3. The van der Waals surface area contributed by atoms with Gasteiger partial charge in [-0.2, -0.15) is 0 Å². The number of thiazole rings is 1. The predicted octanol–water partition coefficient (Wildman–Crippen LogP) is 2.42. The van der Waals surface area contributed by atoms with Crippen LogP contribution in [0.25, 0.3) is 0 Å². The number of nitrogens with one attached hydrogen (secondary N) is 1. The molecule has 1 aliphatic rings. The number of carbonyl (C=O) groups is 1. The fraction of sp³-hybridized carbons (Fsp3) is 0.500. The maximum Gasteiger partial charge on any atom is 0.223 e. The molecule has 0 radical (unpaired) electrons. The normalized spacial score (nSPS) is 19.7. The molecule has 1 unspecified atom stereocenters. The quantitative estimate of drug-likeness (QED) is 0.819. The van der Waals surface area contributed by atoms with Crippen LogP contribution in [-0.4, -0.2) is 10.9 Å². The van der Waals surface area contributed by atoms with E-state index in [4.69, 9.17) is 0 Å². The van der Waals surface area contributed by atoms with Crippen LogP contribution in [0.4, 0.5) is 0 Å². The van der Waals surface area contributed by atoms with E-state index in [2.05, 4.69) is 22.5 Å². The van der Waals surface area contributed by atoms with Crippen LogP contribution in [0.3, 0.4) is 0 Å². The fourth-order valence-electron chi connectivity index (χ4n) is 1.82. The maximum absolute atomic E-state index is 11.8. The summed E-state index contributed by atoms with van der Waals surface area (Å²) in [5, 5.41) is 5.95. The first-order valence-electron chi connectivity index (χ1n) is 5.59. The molecule has 86 valence electrons. The number of allylic oxidation sites excluding steroid dienone is 2. The molecule has 0 saturated carbocycles. The lowest BCUT2D eigenvalue weighted by Gasteiger charge is -2.16. The molecular formula is C12H16N2OS. The molecule has 4 heteroatoms. The fourth-order valence-corrected chi connectivity index (χ4v) is 2.53. The van der Waals surface area contributed by atoms with E-state index in [0.29, 0.717) is 6.54 Å². The zero-order valence-electron chi connectivity index (χ0n) is 9.40. The molecule has 1 N–H and O–H groups in total. The molecule has 0 spiro atoms. The van der Waals surface area contributed by atoms with Crippen LogP contribution in [0.2, 0.25) is 0 Å². The minimum atomic E-state index is 0.158. The first-order chi connectivity index (χ1) is 7.75. The molecule has 1 amide bonds. The Kier molecular flexibility index (Phi) is 3.72. The number of nitrogens with zero attached hydrogens (tertiary/aromatic N) is 1. The summed E-state index contributed by atoms with van der Waals surface area (Å²) in [6, 6.07) is 0. The Balaban J connectivity index is 1.81. The molecule has 0 fully saturated rings. The third-order valence-corrected chi connectivity index (χ3v) is 3.69. The molecule has 3 nitrogen and oxygen atoms in total. The predicted molar refractivity (Wildman–Crippen MR) is 65.2 cm³/mol. The first kappa shape index (κ1) is 11.3. The SMILES string of the molecule is Cc1csc(CNC(=O)C2CC=CCC2)n1. The monoisotopic (exact) mass is 236 g/mol. The molecule has 1 aromatic heterocycles. The zero-order chi connectivity index (χ0) is 11.4. The highest BCUT2D eigenvalue weighted by atomic mass is 32.1. The summed E-state index contributed by atoms with van der Waals surface area (Å²) in [6.45, 7) is 2.53. The van der Waals surface area contributed by atoms with Crippen LogP contribution in [0, 0.1) is 12.8 Å². The number of aryl methyl sites for hydroxylation is 1. The van der Waals surface area contributed by atoms with E-state index in [-0.39, 0.29) is 11.8 Å². The molecule has 1 aliphatic carbocycles. The molecule has 0 saturated heterocycles. The van der Waals surface area contributed by atoms with Crippen molar-refractivity contribution in [3.8, 4) is 0 Å². The smallest absolute Gasteiger partial charge is 0.223 e. The topological polar surface area (TPSA) is 42.0 Å². The zero-order valence-corrected chi connectivity index (χ0v) is 10.2. The van der Waals surface area contributed by atoms with Gasteiger partial charge in [-0.25, -0.2) is 4.98 Å². The van der Waals surface area contributed by atoms with Gasteiger partial charge >= 0.3 is 0 Å². The second-order valence-corrected chi connectivity index (χ2v) is 5.02. The molecule has 0 aliphatic heterocycles. The van der Waals surface area contributed by atoms with Crippen LogP contribution < -0.4 is 5.32 Å². The molecule has 1 heterocycles. The van der Waals surface area contributed by atoms with E-state index < -0.39 is 0 Å². The third-order valence-electron chi connectivity index (χ3n) is 2.72. The summed E-state index contributed by atoms with van der Waals surface area (Å²) in [5.41, 5.74) is 1.02. The lowest BCUT2D eigenvalue weighted by molar-refractivity contribution is -0.125. The van der Waals surface area contributed by atoms with Crippen molar-refractivity contribution in [1.29, 1.82) is 0 Å². The van der Waals surface area contributed by atoms with Gasteiger partial charge in [-0.15, -0.1) is 11.3 Å². The summed E-state index contributed by atoms with van der Waals surface area (Å²) in [4.78, 5) is 16.1.